The van der Waals surface area contributed by atoms with Gasteiger partial charge in [0.2, 0.25) is 0 Å². The van der Waals surface area contributed by atoms with E-state index in [1.54, 1.807) is 6.07 Å². The van der Waals surface area contributed by atoms with Crippen LogP contribution in [0.4, 0.5) is 0 Å². The van der Waals surface area contributed by atoms with Gasteiger partial charge < -0.3 is 14.1 Å². The van der Waals surface area contributed by atoms with Gasteiger partial charge in [0.25, 0.3) is 5.91 Å². The summed E-state index contributed by atoms with van der Waals surface area (Å²) in [6.07, 6.45) is 1.39. The number of likely N-dealkylation sites (N-methyl/N-ethyl adjacent to an activating group) is 1. The normalized spacial score (nSPS) is 11.5. The van der Waals surface area contributed by atoms with Gasteiger partial charge in [0.05, 0.1) is 13.3 Å². The number of quaternary nitrogens is 1. The van der Waals surface area contributed by atoms with Gasteiger partial charge in [-0.3, -0.25) is 20.4 Å². The number of ether oxygens (including phenoxy) is 1. The molecule has 3 N–H and O–H groups in total. The number of rotatable bonds is 7. The second-order valence-electron chi connectivity index (χ2n) is 5.02. The fraction of sp³-hybridized carbons (Fsp3) is 0.250. The lowest BCUT2D eigenvalue weighted by Crippen LogP contribution is -3.11. The van der Waals surface area contributed by atoms with Crippen molar-refractivity contribution in [1.82, 2.24) is 10.9 Å². The first-order valence-electron chi connectivity index (χ1n) is 7.27. The van der Waals surface area contributed by atoms with Gasteiger partial charge in [0.15, 0.2) is 12.3 Å². The van der Waals surface area contributed by atoms with Crippen LogP contribution in [0.25, 0.3) is 0 Å². The highest BCUT2D eigenvalue weighted by molar-refractivity contribution is 5.92. The molecule has 2 aromatic rings. The second kappa shape index (κ2) is 8.60. The molecule has 7 heteroatoms. The van der Waals surface area contributed by atoms with E-state index in [9.17, 15) is 9.59 Å². The lowest BCUT2D eigenvalue weighted by Gasteiger charge is -2.14. The van der Waals surface area contributed by atoms with Gasteiger partial charge in [-0.15, -0.1) is 0 Å². The van der Waals surface area contributed by atoms with E-state index in [1.165, 1.54) is 12.3 Å². The standard InChI is InChI=1S/C16H19N3O4/c1-19(9-11-22-13-6-3-2-4-7-13)12-15(20)17-18-16(21)14-8-5-10-23-14/h2-8,10H,9,11-12H2,1H3,(H,17,20)(H,18,21)/p+1. The molecule has 1 aromatic heterocycles. The molecule has 1 heterocycles. The molecule has 0 aliphatic rings. The number of nitrogens with one attached hydrogen (secondary N) is 3. The van der Waals surface area contributed by atoms with E-state index in [0.29, 0.717) is 13.2 Å². The molecule has 122 valence electrons. The van der Waals surface area contributed by atoms with E-state index in [2.05, 4.69) is 10.9 Å². The van der Waals surface area contributed by atoms with Crippen LogP contribution in [-0.4, -0.2) is 38.6 Å². The Morgan fingerprint density at radius 1 is 1.13 bits per heavy atom. The van der Waals surface area contributed by atoms with Crippen LogP contribution in [0, 0.1) is 0 Å². The first-order chi connectivity index (χ1) is 11.1. The molecule has 0 saturated carbocycles. The van der Waals surface area contributed by atoms with Gasteiger partial charge in [-0.2, -0.15) is 0 Å². The van der Waals surface area contributed by atoms with E-state index in [1.807, 2.05) is 37.4 Å². The van der Waals surface area contributed by atoms with E-state index in [0.717, 1.165) is 10.6 Å². The molecule has 1 aromatic carbocycles. The van der Waals surface area contributed by atoms with Crippen LogP contribution in [0.5, 0.6) is 5.75 Å². The quantitative estimate of drug-likeness (QED) is 0.608. The molecule has 0 spiro atoms. The van der Waals surface area contributed by atoms with Crippen molar-refractivity contribution in [1.29, 1.82) is 0 Å². The first-order valence-corrected chi connectivity index (χ1v) is 7.27. The van der Waals surface area contributed by atoms with Gasteiger partial charge in [-0.1, -0.05) is 18.2 Å². The number of hydrogen-bond acceptors (Lipinski definition) is 4. The zero-order valence-electron chi connectivity index (χ0n) is 12.9. The molecule has 1 unspecified atom stereocenters. The Labute approximate surface area is 134 Å². The lowest BCUT2D eigenvalue weighted by molar-refractivity contribution is -0.871. The van der Waals surface area contributed by atoms with Crippen molar-refractivity contribution < 1.29 is 23.6 Å². The predicted molar refractivity (Wildman–Crippen MR) is 82.9 cm³/mol. The zero-order valence-corrected chi connectivity index (χ0v) is 12.9. The minimum absolute atomic E-state index is 0.141. The summed E-state index contributed by atoms with van der Waals surface area (Å²) in [4.78, 5) is 24.3. The van der Waals surface area contributed by atoms with Crippen LogP contribution in [0.1, 0.15) is 10.6 Å². The molecule has 2 amide bonds. The topological polar surface area (TPSA) is 85.0 Å². The Morgan fingerprint density at radius 3 is 2.61 bits per heavy atom. The maximum atomic E-state index is 11.7. The van der Waals surface area contributed by atoms with Crippen molar-refractivity contribution in [2.75, 3.05) is 26.7 Å². The van der Waals surface area contributed by atoms with Gasteiger partial charge in [-0.05, 0) is 24.3 Å². The summed E-state index contributed by atoms with van der Waals surface area (Å²) in [5, 5.41) is 0. The molecule has 1 atom stereocenters. The summed E-state index contributed by atoms with van der Waals surface area (Å²) in [6.45, 7) is 1.38. The molecule has 0 fully saturated rings. The first kappa shape index (κ1) is 16.6. The molecule has 2 rings (SSSR count). The van der Waals surface area contributed by atoms with Crippen molar-refractivity contribution in [2.24, 2.45) is 0 Å². The zero-order chi connectivity index (χ0) is 16.5. The van der Waals surface area contributed by atoms with Gasteiger partial charge in [0.1, 0.15) is 18.9 Å². The molecule has 0 aliphatic heterocycles. The molecule has 23 heavy (non-hydrogen) atoms. The monoisotopic (exact) mass is 318 g/mol. The fourth-order valence-corrected chi connectivity index (χ4v) is 1.86. The molecule has 0 bridgehead atoms. The van der Waals surface area contributed by atoms with Gasteiger partial charge in [-0.25, -0.2) is 0 Å². The summed E-state index contributed by atoms with van der Waals surface area (Å²) in [6, 6.07) is 12.6. The van der Waals surface area contributed by atoms with Crippen molar-refractivity contribution in [2.45, 2.75) is 0 Å². The Bertz CT molecular complexity index is 614. The number of carbonyl (C=O) groups is 2. The lowest BCUT2D eigenvalue weighted by atomic mass is 10.3. The van der Waals surface area contributed by atoms with Crippen LogP contribution in [0.2, 0.25) is 0 Å². The SMILES string of the molecule is C[NH+](CCOc1ccccc1)CC(=O)NNC(=O)c1ccco1. The number of para-hydroxylation sites is 1. The number of benzene rings is 1. The minimum atomic E-state index is -0.492. The van der Waals surface area contributed by atoms with Crippen LogP contribution in [-0.2, 0) is 4.79 Å². The largest absolute Gasteiger partial charge is 0.488 e. The number of hydrazine groups is 1. The number of amides is 2. The third-order valence-corrected chi connectivity index (χ3v) is 3.06. The average molecular weight is 318 g/mol. The molecule has 0 aliphatic carbocycles. The van der Waals surface area contributed by atoms with Crippen LogP contribution < -0.4 is 20.5 Å². The highest BCUT2D eigenvalue weighted by Crippen LogP contribution is 2.06. The van der Waals surface area contributed by atoms with Crippen LogP contribution in [0.3, 0.4) is 0 Å². The van der Waals surface area contributed by atoms with Crippen molar-refractivity contribution >= 4 is 11.8 Å². The smallest absolute Gasteiger partial charge is 0.305 e. The predicted octanol–water partition coefficient (Wildman–Crippen LogP) is -0.366. The van der Waals surface area contributed by atoms with Gasteiger partial charge in [0, 0.05) is 0 Å². The molecular formula is C16H20N3O4+. The fourth-order valence-electron chi connectivity index (χ4n) is 1.86. The average Bonchev–Trinajstić information content (AvgIpc) is 3.08. The van der Waals surface area contributed by atoms with Gasteiger partial charge >= 0.3 is 5.91 Å². The molecule has 0 saturated heterocycles. The van der Waals surface area contributed by atoms with Crippen LogP contribution in [0.15, 0.2) is 53.1 Å². The number of furan rings is 1. The van der Waals surface area contributed by atoms with E-state index >= 15 is 0 Å². The second-order valence-corrected chi connectivity index (χ2v) is 5.02. The molecular weight excluding hydrogens is 298 g/mol. The third-order valence-electron chi connectivity index (χ3n) is 3.06. The Hall–Kier alpha value is -2.80. The maximum absolute atomic E-state index is 11.7. The van der Waals surface area contributed by atoms with Crippen LogP contribution >= 0.6 is 0 Å². The maximum Gasteiger partial charge on any atom is 0.305 e. The Morgan fingerprint density at radius 2 is 1.91 bits per heavy atom. The number of hydrogen-bond donors (Lipinski definition) is 3. The minimum Gasteiger partial charge on any atom is -0.488 e. The molecule has 7 nitrogen and oxygen atoms in total. The van der Waals surface area contributed by atoms with Crippen molar-refractivity contribution in [3.05, 3.63) is 54.5 Å². The summed E-state index contributed by atoms with van der Waals surface area (Å²) in [7, 11) is 1.88. The highest BCUT2D eigenvalue weighted by Gasteiger charge is 2.13. The Kier molecular flexibility index (Phi) is 6.19. The highest BCUT2D eigenvalue weighted by atomic mass is 16.5. The molecule has 0 radical (unpaired) electrons. The third kappa shape index (κ3) is 5.84. The van der Waals surface area contributed by atoms with E-state index < -0.39 is 5.91 Å². The summed E-state index contributed by atoms with van der Waals surface area (Å²) in [5.74, 6) is 0.160. The van der Waals surface area contributed by atoms with Crippen molar-refractivity contribution in [3.8, 4) is 5.75 Å². The summed E-state index contributed by atoms with van der Waals surface area (Å²) < 4.78 is 10.5. The Balaban J connectivity index is 1.61. The van der Waals surface area contributed by atoms with Crippen molar-refractivity contribution in [3.63, 3.8) is 0 Å². The van der Waals surface area contributed by atoms with E-state index in [4.69, 9.17) is 9.15 Å². The summed E-state index contributed by atoms with van der Waals surface area (Å²) >= 11 is 0. The number of carbonyl (C=O) groups excluding carboxylic acids is 2. The van der Waals surface area contributed by atoms with E-state index in [-0.39, 0.29) is 18.2 Å². The summed E-state index contributed by atoms with van der Waals surface area (Å²) in [5.41, 5.74) is 4.64.